The molecule has 0 atom stereocenters. The van der Waals surface area contributed by atoms with E-state index in [1.807, 2.05) is 0 Å². The van der Waals surface area contributed by atoms with Crippen molar-refractivity contribution >= 4 is 11.9 Å². The highest BCUT2D eigenvalue weighted by molar-refractivity contribution is 5.97. The molecule has 0 aromatic carbocycles. The average Bonchev–Trinajstić information content (AvgIpc) is 2.10. The molecule has 0 unspecified atom stereocenters. The largest absolute Gasteiger partial charge is 0.466 e. The Kier molecular flexibility index (Phi) is 4.13. The molecule has 0 N–H and O–H groups in total. The summed E-state index contributed by atoms with van der Waals surface area (Å²) >= 11 is 0. The van der Waals surface area contributed by atoms with E-state index in [1.54, 1.807) is 0 Å². The zero-order valence-electron chi connectivity index (χ0n) is 7.34. The lowest BCUT2D eigenvalue weighted by Gasteiger charge is -2.08. The van der Waals surface area contributed by atoms with Gasteiger partial charge in [0.15, 0.2) is 0 Å². The number of hydrogen-bond acceptors (Lipinski definition) is 4. The summed E-state index contributed by atoms with van der Waals surface area (Å²) in [4.78, 5) is 21.1. The minimum absolute atomic E-state index is 0.0336. The van der Waals surface area contributed by atoms with Crippen LogP contribution in [-0.2, 0) is 19.1 Å². The first-order valence-electron chi connectivity index (χ1n) is 3.28. The van der Waals surface area contributed by atoms with Gasteiger partial charge in [-0.1, -0.05) is 0 Å². The standard InChI is InChI=1S/C7H7F3O4/c1-13-5(11)3-4(6(12)14-2)7(8,9)10/h3H,1-2H3/b4-3+. The van der Waals surface area contributed by atoms with Crippen LogP contribution in [0.2, 0.25) is 0 Å². The summed E-state index contributed by atoms with van der Waals surface area (Å²) in [6.07, 6.45) is -4.91. The number of ether oxygens (including phenoxy) is 2. The van der Waals surface area contributed by atoms with Gasteiger partial charge in [-0.05, 0) is 0 Å². The number of hydrogen-bond donors (Lipinski definition) is 0. The minimum Gasteiger partial charge on any atom is -0.466 e. The van der Waals surface area contributed by atoms with Crippen molar-refractivity contribution in [1.29, 1.82) is 0 Å². The third-order valence-electron chi connectivity index (χ3n) is 1.17. The van der Waals surface area contributed by atoms with Gasteiger partial charge in [-0.3, -0.25) is 0 Å². The van der Waals surface area contributed by atoms with Gasteiger partial charge in [0.1, 0.15) is 5.57 Å². The Morgan fingerprint density at radius 2 is 1.64 bits per heavy atom. The molecule has 0 saturated carbocycles. The highest BCUT2D eigenvalue weighted by Crippen LogP contribution is 2.26. The van der Waals surface area contributed by atoms with E-state index in [1.165, 1.54) is 0 Å². The second kappa shape index (κ2) is 4.64. The topological polar surface area (TPSA) is 52.6 Å². The summed E-state index contributed by atoms with van der Waals surface area (Å²) in [5.74, 6) is -2.91. The van der Waals surface area contributed by atoms with Gasteiger partial charge in [0.25, 0.3) is 0 Å². The second-order valence-electron chi connectivity index (χ2n) is 2.07. The predicted molar refractivity (Wildman–Crippen MR) is 38.2 cm³/mol. The number of esters is 2. The first kappa shape index (κ1) is 12.5. The Morgan fingerprint density at radius 1 is 1.14 bits per heavy atom. The fourth-order valence-corrected chi connectivity index (χ4v) is 0.543. The van der Waals surface area contributed by atoms with Crippen molar-refractivity contribution in [3.8, 4) is 0 Å². The summed E-state index contributed by atoms with van der Waals surface area (Å²) in [5.41, 5.74) is -1.70. The van der Waals surface area contributed by atoms with Crippen molar-refractivity contribution in [2.24, 2.45) is 0 Å². The molecule has 0 spiro atoms. The molecular formula is C7H7F3O4. The Balaban J connectivity index is 5.02. The van der Waals surface area contributed by atoms with Gasteiger partial charge in [0.05, 0.1) is 14.2 Å². The maximum Gasteiger partial charge on any atom is 0.423 e. The minimum atomic E-state index is -4.94. The highest BCUT2D eigenvalue weighted by atomic mass is 19.4. The Morgan fingerprint density at radius 3 is 1.93 bits per heavy atom. The first-order valence-corrected chi connectivity index (χ1v) is 3.28. The summed E-state index contributed by atoms with van der Waals surface area (Å²) < 4.78 is 44.0. The first-order chi connectivity index (χ1) is 6.32. The van der Waals surface area contributed by atoms with Crippen LogP contribution in [0.3, 0.4) is 0 Å². The molecule has 4 nitrogen and oxygen atoms in total. The van der Waals surface area contributed by atoms with E-state index in [2.05, 4.69) is 9.47 Å². The molecule has 0 aliphatic rings. The molecule has 0 amide bonds. The van der Waals surface area contributed by atoms with Gasteiger partial charge in [-0.2, -0.15) is 13.2 Å². The van der Waals surface area contributed by atoms with Crippen LogP contribution >= 0.6 is 0 Å². The molecule has 0 aromatic rings. The summed E-state index contributed by atoms with van der Waals surface area (Å²) in [5, 5.41) is 0. The molecule has 0 bridgehead atoms. The van der Waals surface area contributed by atoms with Crippen molar-refractivity contribution in [3.05, 3.63) is 11.6 Å². The molecule has 0 aliphatic carbocycles. The van der Waals surface area contributed by atoms with Crippen molar-refractivity contribution in [2.75, 3.05) is 14.2 Å². The van der Waals surface area contributed by atoms with Crippen LogP contribution in [-0.4, -0.2) is 32.3 Å². The Hall–Kier alpha value is -1.53. The van der Waals surface area contributed by atoms with E-state index < -0.39 is 23.7 Å². The number of rotatable bonds is 2. The van der Waals surface area contributed by atoms with E-state index >= 15 is 0 Å². The van der Waals surface area contributed by atoms with Crippen LogP contribution in [0, 0.1) is 0 Å². The maximum atomic E-state index is 12.1. The van der Waals surface area contributed by atoms with Crippen LogP contribution in [0.4, 0.5) is 13.2 Å². The SMILES string of the molecule is COC(=O)/C=C(\C(=O)OC)C(F)(F)F. The molecule has 0 fully saturated rings. The zero-order valence-corrected chi connectivity index (χ0v) is 7.34. The van der Waals surface area contributed by atoms with E-state index in [4.69, 9.17) is 0 Å². The number of alkyl halides is 3. The number of carbonyl (C=O) groups excluding carboxylic acids is 2. The van der Waals surface area contributed by atoms with Gasteiger partial charge in [0, 0.05) is 6.08 Å². The van der Waals surface area contributed by atoms with E-state index in [9.17, 15) is 22.8 Å². The van der Waals surface area contributed by atoms with Gasteiger partial charge in [-0.15, -0.1) is 0 Å². The highest BCUT2D eigenvalue weighted by Gasteiger charge is 2.40. The fraction of sp³-hybridized carbons (Fsp3) is 0.429. The molecule has 0 saturated heterocycles. The van der Waals surface area contributed by atoms with Gasteiger partial charge >= 0.3 is 18.1 Å². The van der Waals surface area contributed by atoms with Crippen LogP contribution in [0.5, 0.6) is 0 Å². The van der Waals surface area contributed by atoms with Gasteiger partial charge < -0.3 is 9.47 Å². The number of carbonyl (C=O) groups is 2. The van der Waals surface area contributed by atoms with Crippen LogP contribution in [0.15, 0.2) is 11.6 Å². The monoisotopic (exact) mass is 212 g/mol. The van der Waals surface area contributed by atoms with Crippen molar-refractivity contribution in [3.63, 3.8) is 0 Å². The lowest BCUT2D eigenvalue weighted by atomic mass is 10.2. The van der Waals surface area contributed by atoms with Crippen LogP contribution in [0.25, 0.3) is 0 Å². The third kappa shape index (κ3) is 3.46. The Labute approximate surface area is 77.3 Å². The molecule has 0 aromatic heterocycles. The molecule has 0 radical (unpaired) electrons. The van der Waals surface area contributed by atoms with Crippen LogP contribution in [0.1, 0.15) is 0 Å². The third-order valence-corrected chi connectivity index (χ3v) is 1.17. The lowest BCUT2D eigenvalue weighted by molar-refractivity contribution is -0.149. The predicted octanol–water partition coefficient (Wildman–Crippen LogP) is 0.821. The molecular weight excluding hydrogens is 205 g/mol. The van der Waals surface area contributed by atoms with Crippen LogP contribution < -0.4 is 0 Å². The van der Waals surface area contributed by atoms with Gasteiger partial charge in [0.2, 0.25) is 0 Å². The second-order valence-corrected chi connectivity index (χ2v) is 2.07. The lowest BCUT2D eigenvalue weighted by Crippen LogP contribution is -2.22. The van der Waals surface area contributed by atoms with E-state index in [-0.39, 0.29) is 6.08 Å². The molecule has 80 valence electrons. The van der Waals surface area contributed by atoms with E-state index in [0.29, 0.717) is 0 Å². The Bertz CT molecular complexity index is 267. The quantitative estimate of drug-likeness (QED) is 0.502. The normalized spacial score (nSPS) is 12.2. The fourth-order valence-electron chi connectivity index (χ4n) is 0.543. The summed E-state index contributed by atoms with van der Waals surface area (Å²) in [6, 6.07) is 0. The van der Waals surface area contributed by atoms with Gasteiger partial charge in [-0.25, -0.2) is 9.59 Å². The maximum absolute atomic E-state index is 12.1. The molecule has 14 heavy (non-hydrogen) atoms. The van der Waals surface area contributed by atoms with Crippen molar-refractivity contribution in [1.82, 2.24) is 0 Å². The van der Waals surface area contributed by atoms with Crippen molar-refractivity contribution < 1.29 is 32.2 Å². The molecule has 0 aliphatic heterocycles. The molecule has 0 rings (SSSR count). The van der Waals surface area contributed by atoms with Crippen molar-refractivity contribution in [2.45, 2.75) is 6.18 Å². The average molecular weight is 212 g/mol. The summed E-state index contributed by atoms with van der Waals surface area (Å²) in [7, 11) is 1.67. The summed E-state index contributed by atoms with van der Waals surface area (Å²) in [6.45, 7) is 0. The smallest absolute Gasteiger partial charge is 0.423 e. The molecule has 0 heterocycles. The zero-order chi connectivity index (χ0) is 11.4. The number of halogens is 3. The van der Waals surface area contributed by atoms with E-state index in [0.717, 1.165) is 14.2 Å². The number of methoxy groups -OCH3 is 2. The molecule has 7 heteroatoms.